The lowest BCUT2D eigenvalue weighted by molar-refractivity contribution is -0.149. The van der Waals surface area contributed by atoms with Gasteiger partial charge in [-0.05, 0) is 81.7 Å². The summed E-state index contributed by atoms with van der Waals surface area (Å²) in [4.78, 5) is 36.0. The van der Waals surface area contributed by atoms with E-state index in [1.807, 2.05) is 6.07 Å². The fourth-order valence-electron chi connectivity index (χ4n) is 6.43. The van der Waals surface area contributed by atoms with E-state index in [-0.39, 0.29) is 43.1 Å². The first kappa shape index (κ1) is 36.3. The maximum absolute atomic E-state index is 13.6. The molecule has 3 heterocycles. The second-order valence-corrected chi connectivity index (χ2v) is 14.2. The minimum absolute atomic E-state index is 0.0645. The molecule has 1 aromatic heterocycles. The van der Waals surface area contributed by atoms with Crippen molar-refractivity contribution in [3.05, 3.63) is 64.6 Å². The molecule has 49 heavy (non-hydrogen) atoms. The van der Waals surface area contributed by atoms with Crippen molar-refractivity contribution in [3.63, 3.8) is 0 Å². The number of hydrogen-bond acceptors (Lipinski definition) is 11. The Kier molecular flexibility index (Phi) is 11.0. The SMILES string of the molecule is CCOC(=O)[C@H]1CC[C@H](c2ccc(NC3(Nc4ccc(CP(=O)(OCC)OCC)nc4)N=CC(C(F)(F)F)=CN3)c3c2CN(C)C3=O)CC1. The van der Waals surface area contributed by atoms with Gasteiger partial charge in [-0.2, -0.15) is 13.2 Å². The number of fused-ring (bicyclic) bond motifs is 1. The first-order valence-corrected chi connectivity index (χ1v) is 18.1. The Morgan fingerprint density at radius 3 is 2.35 bits per heavy atom. The van der Waals surface area contributed by atoms with Crippen molar-refractivity contribution in [1.29, 1.82) is 0 Å². The van der Waals surface area contributed by atoms with Gasteiger partial charge in [0.2, 0.25) is 0 Å². The molecule has 1 amide bonds. The minimum Gasteiger partial charge on any atom is -0.466 e. The number of allylic oxidation sites excluding steroid dienone is 1. The van der Waals surface area contributed by atoms with Gasteiger partial charge in [0.15, 0.2) is 0 Å². The summed E-state index contributed by atoms with van der Waals surface area (Å²) in [6.07, 6.45) is 1.13. The second kappa shape index (κ2) is 14.9. The molecule has 1 aromatic carbocycles. The molecule has 12 nitrogen and oxygen atoms in total. The topological polar surface area (TPSA) is 143 Å². The summed E-state index contributed by atoms with van der Waals surface area (Å²) in [5.41, 5.74) is 2.42. The van der Waals surface area contributed by atoms with Crippen molar-refractivity contribution >= 4 is 37.1 Å². The number of ether oxygens (including phenoxy) is 1. The lowest BCUT2D eigenvalue weighted by atomic mass is 9.77. The summed E-state index contributed by atoms with van der Waals surface area (Å²) in [5.74, 6) is -2.18. The maximum atomic E-state index is 13.6. The van der Waals surface area contributed by atoms with Gasteiger partial charge in [0.25, 0.3) is 11.8 Å². The number of pyridine rings is 1. The van der Waals surface area contributed by atoms with Crippen LogP contribution in [0.1, 0.15) is 79.6 Å². The molecular weight excluding hydrogens is 664 g/mol. The minimum atomic E-state index is -4.64. The molecule has 1 atom stereocenters. The van der Waals surface area contributed by atoms with Gasteiger partial charge in [0, 0.05) is 26.0 Å². The van der Waals surface area contributed by atoms with E-state index in [0.717, 1.165) is 30.2 Å². The van der Waals surface area contributed by atoms with Crippen LogP contribution in [-0.4, -0.2) is 66.9 Å². The van der Waals surface area contributed by atoms with Gasteiger partial charge in [-0.15, -0.1) is 0 Å². The highest BCUT2D eigenvalue weighted by atomic mass is 31.2. The molecule has 2 aliphatic heterocycles. The molecule has 5 rings (SSSR count). The fourth-order valence-corrected chi connectivity index (χ4v) is 8.06. The molecule has 1 fully saturated rings. The number of anilines is 2. The van der Waals surface area contributed by atoms with Crippen molar-refractivity contribution in [1.82, 2.24) is 15.2 Å². The number of carbonyl (C=O) groups excluding carboxylic acids is 2. The molecule has 1 saturated carbocycles. The number of aromatic nitrogens is 1. The van der Waals surface area contributed by atoms with Gasteiger partial charge >= 0.3 is 19.7 Å². The Morgan fingerprint density at radius 2 is 1.78 bits per heavy atom. The third-order valence-corrected chi connectivity index (χ3v) is 10.7. The van der Waals surface area contributed by atoms with Crippen molar-refractivity contribution in [2.45, 2.75) is 77.2 Å². The Balaban J connectivity index is 1.43. The van der Waals surface area contributed by atoms with E-state index in [2.05, 4.69) is 25.9 Å². The van der Waals surface area contributed by atoms with Crippen molar-refractivity contribution in [2.75, 3.05) is 37.5 Å². The number of aliphatic imine (C=N–C) groups is 1. The summed E-state index contributed by atoms with van der Waals surface area (Å²) in [5, 5.41) is 8.96. The molecule has 0 radical (unpaired) electrons. The van der Waals surface area contributed by atoms with E-state index in [9.17, 15) is 27.3 Å². The third kappa shape index (κ3) is 8.27. The number of carbonyl (C=O) groups is 2. The van der Waals surface area contributed by atoms with Crippen LogP contribution in [0.4, 0.5) is 24.5 Å². The predicted octanol–water partition coefficient (Wildman–Crippen LogP) is 6.53. The number of nitrogens with one attached hydrogen (secondary N) is 3. The fraction of sp³-hybridized carbons (Fsp3) is 0.515. The van der Waals surface area contributed by atoms with Crippen LogP contribution in [0.2, 0.25) is 0 Å². The molecule has 1 unspecified atom stereocenters. The van der Waals surface area contributed by atoms with Gasteiger partial charge < -0.3 is 34.6 Å². The number of esters is 1. The largest absolute Gasteiger partial charge is 0.466 e. The highest BCUT2D eigenvalue weighted by Gasteiger charge is 2.41. The van der Waals surface area contributed by atoms with Gasteiger partial charge in [-0.3, -0.25) is 19.1 Å². The molecular formula is C33H42F3N6O6P. The smallest absolute Gasteiger partial charge is 0.419 e. The van der Waals surface area contributed by atoms with Crippen LogP contribution in [0.15, 0.2) is 47.2 Å². The summed E-state index contributed by atoms with van der Waals surface area (Å²) >= 11 is 0. The van der Waals surface area contributed by atoms with Gasteiger partial charge in [-0.1, -0.05) is 6.07 Å². The average molecular weight is 707 g/mol. The average Bonchev–Trinajstić information content (AvgIpc) is 3.36. The summed E-state index contributed by atoms with van der Waals surface area (Å²) < 4.78 is 69.6. The van der Waals surface area contributed by atoms with Gasteiger partial charge in [0.05, 0.1) is 66.3 Å². The van der Waals surface area contributed by atoms with E-state index < -0.39 is 25.3 Å². The lowest BCUT2D eigenvalue weighted by Crippen LogP contribution is -2.56. The monoisotopic (exact) mass is 706 g/mol. The van der Waals surface area contributed by atoms with Crippen LogP contribution < -0.4 is 16.0 Å². The summed E-state index contributed by atoms with van der Waals surface area (Å²) in [7, 11) is -1.72. The Hall–Kier alpha value is -3.94. The number of benzene rings is 1. The highest BCUT2D eigenvalue weighted by Crippen LogP contribution is 2.51. The highest BCUT2D eigenvalue weighted by molar-refractivity contribution is 7.53. The van der Waals surface area contributed by atoms with Crippen LogP contribution in [0.3, 0.4) is 0 Å². The maximum Gasteiger partial charge on any atom is 0.419 e. The lowest BCUT2D eigenvalue weighted by Gasteiger charge is -2.36. The van der Waals surface area contributed by atoms with Crippen molar-refractivity contribution < 1.29 is 41.1 Å². The number of hydrogen-bond donors (Lipinski definition) is 3. The van der Waals surface area contributed by atoms with Gasteiger partial charge in [-0.25, -0.2) is 4.99 Å². The third-order valence-electron chi connectivity index (χ3n) is 8.73. The van der Waals surface area contributed by atoms with Crippen molar-refractivity contribution in [2.24, 2.45) is 10.9 Å². The van der Waals surface area contributed by atoms with Crippen LogP contribution >= 0.6 is 7.60 Å². The van der Waals surface area contributed by atoms with Crippen molar-refractivity contribution in [3.8, 4) is 0 Å². The molecule has 266 valence electrons. The zero-order valence-electron chi connectivity index (χ0n) is 27.9. The van der Waals surface area contributed by atoms with E-state index in [1.165, 1.54) is 6.20 Å². The zero-order chi connectivity index (χ0) is 35.4. The molecule has 0 bridgehead atoms. The van der Waals surface area contributed by atoms with E-state index >= 15 is 0 Å². The molecule has 3 aliphatic rings. The van der Waals surface area contributed by atoms with Crippen LogP contribution in [0, 0.1) is 5.92 Å². The number of halogens is 3. The second-order valence-electron chi connectivity index (χ2n) is 12.1. The first-order chi connectivity index (χ1) is 23.3. The Morgan fingerprint density at radius 1 is 1.06 bits per heavy atom. The number of alkyl halides is 3. The molecule has 2 aromatic rings. The predicted molar refractivity (Wildman–Crippen MR) is 178 cm³/mol. The number of nitrogens with zero attached hydrogens (tertiary/aromatic N) is 3. The van der Waals surface area contributed by atoms with Crippen LogP contribution in [-0.2, 0) is 35.9 Å². The van der Waals surface area contributed by atoms with Crippen LogP contribution in [0.25, 0.3) is 0 Å². The summed E-state index contributed by atoms with van der Waals surface area (Å²) in [6.45, 7) is 6.31. The molecule has 3 N–H and O–H groups in total. The number of amides is 1. The Bertz CT molecular complexity index is 1630. The Labute approximate surface area is 283 Å². The van der Waals surface area contributed by atoms with E-state index in [0.29, 0.717) is 54.8 Å². The van der Waals surface area contributed by atoms with Gasteiger partial charge in [0.1, 0.15) is 0 Å². The van der Waals surface area contributed by atoms with E-state index in [4.69, 9.17) is 13.8 Å². The number of rotatable bonds is 13. The first-order valence-electron chi connectivity index (χ1n) is 16.4. The zero-order valence-corrected chi connectivity index (χ0v) is 28.8. The molecule has 0 spiro atoms. The normalized spacial score (nSPS) is 22.3. The summed E-state index contributed by atoms with van der Waals surface area (Å²) in [6, 6.07) is 6.90. The quantitative estimate of drug-likeness (QED) is 0.120. The molecule has 16 heteroatoms. The standard InChI is InChI=1S/C33H42F3N6O6P/c1-5-46-31(44)22-10-8-21(9-11-22)26-14-15-28(29-27(26)19-42(4)30(29)43)41-33(38-16-23(17-39-33)32(34,35)36)40-24-12-13-25(37-18-24)20-49(45,47-6-2)48-7-3/h12-18,21-22,38,40-41H,5-11,19-20H2,1-4H3/t21-,22-,33?. The molecule has 0 saturated heterocycles. The van der Waals surface area contributed by atoms with E-state index in [1.54, 1.807) is 50.9 Å². The van der Waals surface area contributed by atoms with Crippen LogP contribution in [0.5, 0.6) is 0 Å². The molecule has 1 aliphatic carbocycles.